The highest BCUT2D eigenvalue weighted by atomic mass is 16.5. The van der Waals surface area contributed by atoms with Crippen molar-refractivity contribution in [3.05, 3.63) is 12.1 Å². The highest BCUT2D eigenvalue weighted by Crippen LogP contribution is 2.39. The van der Waals surface area contributed by atoms with E-state index in [-0.39, 0.29) is 24.7 Å². The fourth-order valence-corrected chi connectivity index (χ4v) is 2.89. The molecule has 0 bridgehead atoms. The Morgan fingerprint density at radius 3 is 1.96 bits per heavy atom. The number of unbranched alkanes of at least 4 members (excludes halogenated alkanes) is 4. The number of nitrogens with two attached hydrogens (primary N) is 1. The number of nitrogens with zero attached hydrogens (tertiary/aromatic N) is 1. The van der Waals surface area contributed by atoms with Crippen molar-refractivity contribution in [1.29, 1.82) is 0 Å². The second kappa shape index (κ2) is 10.0. The highest BCUT2D eigenvalue weighted by molar-refractivity contribution is 6.20. The van der Waals surface area contributed by atoms with E-state index in [2.05, 4.69) is 13.8 Å². The smallest absolute Gasteiger partial charge is 0.234 e. The molecule has 0 atom stereocenters. The van der Waals surface area contributed by atoms with Crippen molar-refractivity contribution in [2.45, 2.75) is 65.2 Å². The van der Waals surface area contributed by atoms with Gasteiger partial charge in [-0.05, 0) is 12.8 Å². The van der Waals surface area contributed by atoms with Gasteiger partial charge in [-0.15, -0.1) is 0 Å². The van der Waals surface area contributed by atoms with Crippen LogP contribution in [0.1, 0.15) is 65.2 Å². The SMILES string of the molecule is CCCCCOc1cc(N2C(=O)CCC2=O)c(OCCCCC)cc1N. The number of hydrogen-bond acceptors (Lipinski definition) is 5. The van der Waals surface area contributed by atoms with Gasteiger partial charge in [0, 0.05) is 25.0 Å². The number of ether oxygens (including phenoxy) is 2. The molecular formula is C20H30N2O4. The molecular weight excluding hydrogens is 332 g/mol. The molecule has 2 rings (SSSR count). The Morgan fingerprint density at radius 2 is 1.42 bits per heavy atom. The minimum atomic E-state index is -0.213. The number of carbonyl (C=O) groups is 2. The Hall–Kier alpha value is -2.24. The van der Waals surface area contributed by atoms with Crippen LogP contribution in [0, 0.1) is 0 Å². The number of hydrogen-bond donors (Lipinski definition) is 1. The van der Waals surface area contributed by atoms with Crippen LogP contribution >= 0.6 is 0 Å². The van der Waals surface area contributed by atoms with E-state index in [9.17, 15) is 9.59 Å². The highest BCUT2D eigenvalue weighted by Gasteiger charge is 2.33. The lowest BCUT2D eigenvalue weighted by molar-refractivity contribution is -0.121. The molecule has 144 valence electrons. The number of amides is 2. The van der Waals surface area contributed by atoms with Gasteiger partial charge in [0.2, 0.25) is 11.8 Å². The van der Waals surface area contributed by atoms with Gasteiger partial charge in [-0.3, -0.25) is 9.59 Å². The van der Waals surface area contributed by atoms with Crippen molar-refractivity contribution < 1.29 is 19.1 Å². The van der Waals surface area contributed by atoms with Gasteiger partial charge in [0.05, 0.1) is 24.6 Å². The first-order chi connectivity index (χ1) is 12.6. The average molecular weight is 362 g/mol. The Balaban J connectivity index is 2.23. The van der Waals surface area contributed by atoms with Crippen LogP contribution in [-0.4, -0.2) is 25.0 Å². The Morgan fingerprint density at radius 1 is 0.885 bits per heavy atom. The van der Waals surface area contributed by atoms with Crippen LogP contribution in [0.3, 0.4) is 0 Å². The van der Waals surface area contributed by atoms with Crippen LogP contribution in [0.5, 0.6) is 11.5 Å². The van der Waals surface area contributed by atoms with Crippen LogP contribution < -0.4 is 20.1 Å². The van der Waals surface area contributed by atoms with Crippen LogP contribution in [-0.2, 0) is 9.59 Å². The third-order valence-corrected chi connectivity index (χ3v) is 4.39. The van der Waals surface area contributed by atoms with Gasteiger partial charge in [0.1, 0.15) is 11.5 Å². The summed E-state index contributed by atoms with van der Waals surface area (Å²) in [5, 5.41) is 0. The molecule has 1 aromatic rings. The zero-order valence-corrected chi connectivity index (χ0v) is 15.9. The monoisotopic (exact) mass is 362 g/mol. The minimum Gasteiger partial charge on any atom is -0.491 e. The molecule has 1 heterocycles. The Bertz CT molecular complexity index is 614. The van der Waals surface area contributed by atoms with E-state index in [0.29, 0.717) is 36.1 Å². The van der Waals surface area contributed by atoms with Crippen LogP contribution in [0.15, 0.2) is 12.1 Å². The molecule has 0 aliphatic carbocycles. The van der Waals surface area contributed by atoms with Crippen molar-refractivity contribution in [3.8, 4) is 11.5 Å². The van der Waals surface area contributed by atoms with E-state index in [4.69, 9.17) is 15.2 Å². The zero-order chi connectivity index (χ0) is 18.9. The molecule has 26 heavy (non-hydrogen) atoms. The van der Waals surface area contributed by atoms with Crippen LogP contribution in [0.4, 0.5) is 11.4 Å². The van der Waals surface area contributed by atoms with Crippen molar-refractivity contribution in [2.75, 3.05) is 23.8 Å². The summed E-state index contributed by atoms with van der Waals surface area (Å²) >= 11 is 0. The van der Waals surface area contributed by atoms with Gasteiger partial charge in [0.25, 0.3) is 0 Å². The molecule has 1 aliphatic heterocycles. The molecule has 1 saturated heterocycles. The van der Waals surface area contributed by atoms with Crippen molar-refractivity contribution in [1.82, 2.24) is 0 Å². The summed E-state index contributed by atoms with van der Waals surface area (Å²) in [4.78, 5) is 25.6. The second-order valence-electron chi connectivity index (χ2n) is 6.59. The van der Waals surface area contributed by atoms with Gasteiger partial charge >= 0.3 is 0 Å². The standard InChI is InChI=1S/C20H30N2O4/c1-3-5-7-11-25-17-14-16(22-19(23)9-10-20(22)24)18(13-15(17)21)26-12-8-6-4-2/h13-14H,3-12,21H2,1-2H3. The molecule has 0 saturated carbocycles. The van der Waals surface area contributed by atoms with Crippen LogP contribution in [0.2, 0.25) is 0 Å². The maximum Gasteiger partial charge on any atom is 0.234 e. The first-order valence-corrected chi connectivity index (χ1v) is 9.63. The van der Waals surface area contributed by atoms with E-state index < -0.39 is 0 Å². The normalized spacial score (nSPS) is 14.2. The number of anilines is 2. The third kappa shape index (κ3) is 5.13. The topological polar surface area (TPSA) is 81.9 Å². The number of benzene rings is 1. The molecule has 1 aliphatic rings. The summed E-state index contributed by atoms with van der Waals surface area (Å²) in [6, 6.07) is 3.33. The molecule has 2 amide bonds. The number of carbonyl (C=O) groups excluding carboxylic acids is 2. The second-order valence-corrected chi connectivity index (χ2v) is 6.59. The first-order valence-electron chi connectivity index (χ1n) is 9.63. The van der Waals surface area contributed by atoms with Gasteiger partial charge in [-0.1, -0.05) is 39.5 Å². The molecule has 6 heteroatoms. The lowest BCUT2D eigenvalue weighted by Gasteiger charge is -2.21. The van der Waals surface area contributed by atoms with Crippen LogP contribution in [0.25, 0.3) is 0 Å². The number of imide groups is 1. The van der Waals surface area contributed by atoms with E-state index in [1.807, 2.05) is 0 Å². The predicted molar refractivity (Wildman–Crippen MR) is 103 cm³/mol. The first kappa shape index (κ1) is 20.1. The molecule has 0 spiro atoms. The lowest BCUT2D eigenvalue weighted by Crippen LogP contribution is -2.29. The van der Waals surface area contributed by atoms with Crippen molar-refractivity contribution in [3.63, 3.8) is 0 Å². The third-order valence-electron chi connectivity index (χ3n) is 4.39. The minimum absolute atomic E-state index is 0.213. The zero-order valence-electron chi connectivity index (χ0n) is 15.9. The summed E-state index contributed by atoms with van der Waals surface area (Å²) in [5.74, 6) is 0.526. The summed E-state index contributed by atoms with van der Waals surface area (Å²) in [7, 11) is 0. The molecule has 1 fully saturated rings. The summed E-state index contributed by atoms with van der Waals surface area (Å²) in [5.41, 5.74) is 7.00. The van der Waals surface area contributed by atoms with Crippen molar-refractivity contribution >= 4 is 23.2 Å². The van der Waals surface area contributed by atoms with E-state index in [1.165, 1.54) is 4.90 Å². The Labute approximate surface area is 155 Å². The maximum atomic E-state index is 12.2. The summed E-state index contributed by atoms with van der Waals surface area (Å²) < 4.78 is 11.6. The van der Waals surface area contributed by atoms with E-state index in [1.54, 1.807) is 12.1 Å². The summed E-state index contributed by atoms with van der Waals surface area (Å²) in [6.45, 7) is 5.32. The van der Waals surface area contributed by atoms with E-state index in [0.717, 1.165) is 38.5 Å². The average Bonchev–Trinajstić information content (AvgIpc) is 2.95. The van der Waals surface area contributed by atoms with E-state index >= 15 is 0 Å². The molecule has 0 unspecified atom stereocenters. The molecule has 0 radical (unpaired) electrons. The van der Waals surface area contributed by atoms with Gasteiger partial charge in [-0.2, -0.15) is 0 Å². The predicted octanol–water partition coefficient (Wildman–Crippen LogP) is 4.06. The molecule has 6 nitrogen and oxygen atoms in total. The van der Waals surface area contributed by atoms with Crippen molar-refractivity contribution in [2.24, 2.45) is 0 Å². The quantitative estimate of drug-likeness (QED) is 0.365. The van der Waals surface area contributed by atoms with Gasteiger partial charge < -0.3 is 15.2 Å². The fraction of sp³-hybridized carbons (Fsp3) is 0.600. The summed E-state index contributed by atoms with van der Waals surface area (Å²) in [6.07, 6.45) is 6.63. The molecule has 1 aromatic carbocycles. The number of rotatable bonds is 11. The van der Waals surface area contributed by atoms with Gasteiger partial charge in [-0.25, -0.2) is 4.90 Å². The molecule has 2 N–H and O–H groups in total. The fourth-order valence-electron chi connectivity index (χ4n) is 2.89. The number of nitrogen functional groups attached to an aromatic ring is 1. The van der Waals surface area contributed by atoms with Gasteiger partial charge in [0.15, 0.2) is 0 Å². The Kier molecular flexibility index (Phi) is 7.75. The maximum absolute atomic E-state index is 12.2. The lowest BCUT2D eigenvalue weighted by atomic mass is 10.2. The molecule has 0 aromatic heterocycles. The largest absolute Gasteiger partial charge is 0.491 e.